The predicted molar refractivity (Wildman–Crippen MR) is 164 cm³/mol. The molecule has 1 fully saturated rings. The van der Waals surface area contributed by atoms with Crippen LogP contribution in [0.4, 0.5) is 10.1 Å². The van der Waals surface area contributed by atoms with Gasteiger partial charge in [-0.25, -0.2) is 9.38 Å². The average molecular weight is 578 g/mol. The quantitative estimate of drug-likeness (QED) is 0.174. The fraction of sp³-hybridized carbons (Fsp3) is 0.118. The van der Waals surface area contributed by atoms with E-state index < -0.39 is 0 Å². The Hall–Kier alpha value is -4.82. The molecule has 3 aromatic carbocycles. The number of aryl methyl sites for hydroxylation is 1. The van der Waals surface area contributed by atoms with Crippen LogP contribution in [0, 0.1) is 19.7 Å². The smallest absolute Gasteiger partial charge is 0.267 e. The second-order valence-electron chi connectivity index (χ2n) is 9.85. The zero-order valence-corrected chi connectivity index (χ0v) is 24.0. The van der Waals surface area contributed by atoms with E-state index in [1.165, 1.54) is 17.8 Å². The van der Waals surface area contributed by atoms with Gasteiger partial charge in [0, 0.05) is 22.6 Å². The van der Waals surface area contributed by atoms with Gasteiger partial charge in [0.05, 0.1) is 23.4 Å². The maximum absolute atomic E-state index is 13.9. The molecule has 1 amide bonds. The van der Waals surface area contributed by atoms with Crippen LogP contribution in [0.5, 0.6) is 5.75 Å². The van der Waals surface area contributed by atoms with Crippen LogP contribution in [0.2, 0.25) is 0 Å². The van der Waals surface area contributed by atoms with E-state index in [0.717, 1.165) is 28.3 Å². The molecule has 1 saturated heterocycles. The lowest BCUT2D eigenvalue weighted by atomic mass is 10.2. The van der Waals surface area contributed by atoms with Crippen molar-refractivity contribution in [1.29, 1.82) is 0 Å². The van der Waals surface area contributed by atoms with E-state index in [4.69, 9.17) is 14.1 Å². The number of hydrogen-bond acceptors (Lipinski definition) is 5. The lowest BCUT2D eigenvalue weighted by Crippen LogP contribution is -2.28. The highest BCUT2D eigenvalue weighted by atomic mass is 32.2. The number of carbonyl (C=O) groups excluding carboxylic acids is 1. The summed E-state index contributed by atoms with van der Waals surface area (Å²) in [7, 11) is 0. The van der Waals surface area contributed by atoms with Crippen molar-refractivity contribution >= 4 is 34.6 Å². The number of aliphatic imine (C=N–C) groups is 1. The molecule has 0 bridgehead atoms. The minimum atomic E-state index is -0.282. The number of amidine groups is 1. The van der Waals surface area contributed by atoms with Crippen LogP contribution in [0.15, 0.2) is 118 Å². The van der Waals surface area contributed by atoms with Crippen LogP contribution in [0.25, 0.3) is 11.8 Å². The molecule has 0 aliphatic carbocycles. The zero-order chi connectivity index (χ0) is 29.1. The van der Waals surface area contributed by atoms with Gasteiger partial charge in [-0.1, -0.05) is 36.4 Å². The normalized spacial score (nSPS) is 15.2. The number of thioether (sulfide) groups is 1. The molecule has 2 aromatic heterocycles. The van der Waals surface area contributed by atoms with E-state index in [1.807, 2.05) is 86.7 Å². The first-order valence-electron chi connectivity index (χ1n) is 13.5. The highest BCUT2D eigenvalue weighted by molar-refractivity contribution is 8.18. The summed E-state index contributed by atoms with van der Waals surface area (Å²) in [5.74, 6) is 0.940. The first-order chi connectivity index (χ1) is 20.5. The number of rotatable bonds is 8. The topological polar surface area (TPSA) is 60.0 Å². The molecule has 0 saturated carbocycles. The molecule has 6 rings (SSSR count). The molecule has 3 heterocycles. The summed E-state index contributed by atoms with van der Waals surface area (Å²) in [5.41, 5.74) is 5.22. The van der Waals surface area contributed by atoms with Gasteiger partial charge >= 0.3 is 0 Å². The van der Waals surface area contributed by atoms with Gasteiger partial charge in [0.15, 0.2) is 5.17 Å². The van der Waals surface area contributed by atoms with Gasteiger partial charge < -0.3 is 13.7 Å². The van der Waals surface area contributed by atoms with Crippen LogP contribution in [-0.2, 0) is 17.9 Å². The van der Waals surface area contributed by atoms with Gasteiger partial charge in [0.2, 0.25) is 0 Å². The number of benzene rings is 3. The van der Waals surface area contributed by atoms with Crippen LogP contribution in [0.3, 0.4) is 0 Å². The van der Waals surface area contributed by atoms with Crippen molar-refractivity contribution in [3.8, 4) is 11.4 Å². The van der Waals surface area contributed by atoms with Crippen molar-refractivity contribution in [2.45, 2.75) is 27.0 Å². The summed E-state index contributed by atoms with van der Waals surface area (Å²) in [4.78, 5) is 20.6. The van der Waals surface area contributed by atoms with Gasteiger partial charge in [-0.3, -0.25) is 9.69 Å². The Morgan fingerprint density at radius 1 is 0.952 bits per heavy atom. The molecule has 1 aliphatic heterocycles. The molecular weight excluding hydrogens is 549 g/mol. The summed E-state index contributed by atoms with van der Waals surface area (Å²) >= 11 is 1.36. The first-order valence-corrected chi connectivity index (χ1v) is 14.3. The van der Waals surface area contributed by atoms with Crippen LogP contribution < -0.4 is 4.74 Å². The van der Waals surface area contributed by atoms with Gasteiger partial charge in [-0.15, -0.1) is 0 Å². The molecule has 5 aromatic rings. The van der Waals surface area contributed by atoms with Crippen molar-refractivity contribution in [3.05, 3.63) is 142 Å². The number of hydrogen-bond donors (Lipinski definition) is 0. The first kappa shape index (κ1) is 27.4. The Bertz CT molecular complexity index is 1770. The Morgan fingerprint density at radius 3 is 2.45 bits per heavy atom. The molecule has 0 spiro atoms. The number of aromatic nitrogens is 1. The Morgan fingerprint density at radius 2 is 1.71 bits per heavy atom. The van der Waals surface area contributed by atoms with Gasteiger partial charge in [0.1, 0.15) is 23.9 Å². The zero-order valence-electron chi connectivity index (χ0n) is 23.2. The molecule has 210 valence electrons. The minimum absolute atomic E-state index is 0.118. The second-order valence-corrected chi connectivity index (χ2v) is 10.9. The van der Waals surface area contributed by atoms with E-state index >= 15 is 0 Å². The number of carbonyl (C=O) groups is 1. The van der Waals surface area contributed by atoms with Crippen LogP contribution in [0.1, 0.15) is 28.3 Å². The monoisotopic (exact) mass is 577 g/mol. The molecule has 6 nitrogen and oxygen atoms in total. The summed E-state index contributed by atoms with van der Waals surface area (Å²) in [5, 5.41) is 0.605. The van der Waals surface area contributed by atoms with Gasteiger partial charge in [-0.05, 0) is 97.9 Å². The standard InChI is InChI=1S/C34H28FN3O3S/c1-23-19-26(24(2)38(23)28-14-16-29(17-15-28)41-22-25-9-6-7-13-31(25)35)20-32-33(39)37(21-30-12-8-18-40-30)34(42-32)36-27-10-4-3-5-11-27/h3-20H,21-22H2,1-2H3/b32-20-,36-34?. The van der Waals surface area contributed by atoms with Crippen molar-refractivity contribution in [2.24, 2.45) is 4.99 Å². The number of nitrogens with zero attached hydrogens (tertiary/aromatic N) is 3. The van der Waals surface area contributed by atoms with Crippen LogP contribution in [-0.4, -0.2) is 20.5 Å². The maximum atomic E-state index is 13.9. The molecule has 1 aliphatic rings. The predicted octanol–water partition coefficient (Wildman–Crippen LogP) is 8.21. The van der Waals surface area contributed by atoms with E-state index in [1.54, 1.807) is 29.4 Å². The fourth-order valence-corrected chi connectivity index (χ4v) is 5.83. The summed E-state index contributed by atoms with van der Waals surface area (Å²) in [6, 6.07) is 29.6. The molecule has 0 unspecified atom stereocenters. The molecular formula is C34H28FN3O3S. The Labute approximate surface area is 247 Å². The van der Waals surface area contributed by atoms with Gasteiger partial charge in [0.25, 0.3) is 5.91 Å². The summed E-state index contributed by atoms with van der Waals surface area (Å²) in [6.07, 6.45) is 3.53. The summed E-state index contributed by atoms with van der Waals surface area (Å²) < 4.78 is 27.4. The molecule has 0 radical (unpaired) electrons. The number of halogens is 1. The number of furan rings is 1. The number of para-hydroxylation sites is 1. The second kappa shape index (κ2) is 12.0. The van der Waals surface area contributed by atoms with Gasteiger partial charge in [-0.2, -0.15) is 0 Å². The molecule has 0 atom stereocenters. The largest absolute Gasteiger partial charge is 0.489 e. The Kier molecular flexibility index (Phi) is 7.79. The van der Waals surface area contributed by atoms with Crippen molar-refractivity contribution in [2.75, 3.05) is 0 Å². The molecule has 8 heteroatoms. The third kappa shape index (κ3) is 5.80. The average Bonchev–Trinajstić information content (AvgIpc) is 3.69. The van der Waals surface area contributed by atoms with Crippen LogP contribution >= 0.6 is 11.8 Å². The SMILES string of the molecule is Cc1cc(/C=C2\SC(=Nc3ccccc3)N(Cc3ccco3)C2=O)c(C)n1-c1ccc(OCc2ccccc2F)cc1. The third-order valence-corrected chi connectivity index (χ3v) is 7.97. The molecule has 0 N–H and O–H groups in total. The fourth-order valence-electron chi connectivity index (χ4n) is 4.84. The van der Waals surface area contributed by atoms with E-state index in [-0.39, 0.29) is 18.3 Å². The van der Waals surface area contributed by atoms with Crippen molar-refractivity contribution in [1.82, 2.24) is 9.47 Å². The van der Waals surface area contributed by atoms with Crippen molar-refractivity contribution < 1.29 is 18.3 Å². The van der Waals surface area contributed by atoms with E-state index in [9.17, 15) is 9.18 Å². The molecule has 42 heavy (non-hydrogen) atoms. The Balaban J connectivity index is 1.25. The lowest BCUT2D eigenvalue weighted by Gasteiger charge is -2.13. The minimum Gasteiger partial charge on any atom is -0.489 e. The maximum Gasteiger partial charge on any atom is 0.267 e. The van der Waals surface area contributed by atoms with Crippen molar-refractivity contribution in [3.63, 3.8) is 0 Å². The third-order valence-electron chi connectivity index (χ3n) is 6.97. The highest BCUT2D eigenvalue weighted by Crippen LogP contribution is 2.36. The number of amides is 1. The van der Waals surface area contributed by atoms with E-state index in [2.05, 4.69) is 10.6 Å². The number of ether oxygens (including phenoxy) is 1. The highest BCUT2D eigenvalue weighted by Gasteiger charge is 2.34. The van der Waals surface area contributed by atoms with E-state index in [0.29, 0.717) is 33.7 Å². The summed E-state index contributed by atoms with van der Waals surface area (Å²) in [6.45, 7) is 4.52. The lowest BCUT2D eigenvalue weighted by molar-refractivity contribution is -0.122.